The highest BCUT2D eigenvalue weighted by Gasteiger charge is 2.24. The van der Waals surface area contributed by atoms with E-state index in [-0.39, 0.29) is 6.04 Å². The third kappa shape index (κ3) is 3.74. The highest BCUT2D eigenvalue weighted by atomic mass is 79.9. The Hall–Kier alpha value is -0.580. The Balaban J connectivity index is 2.29. The first kappa shape index (κ1) is 15.8. The number of halogens is 1. The fourth-order valence-corrected chi connectivity index (χ4v) is 3.14. The van der Waals surface area contributed by atoms with Gasteiger partial charge in [-0.2, -0.15) is 0 Å². The minimum absolute atomic E-state index is 0.226. The molecule has 0 radical (unpaired) electrons. The van der Waals surface area contributed by atoms with Gasteiger partial charge in [0.1, 0.15) is 0 Å². The topological polar surface area (TPSA) is 38.5 Å². The molecule has 2 atom stereocenters. The second kappa shape index (κ2) is 7.43. The zero-order valence-corrected chi connectivity index (χ0v) is 14.0. The maximum absolute atomic E-state index is 6.16. The van der Waals surface area contributed by atoms with Gasteiger partial charge in [0.2, 0.25) is 0 Å². The smallest absolute Gasteiger partial charge is 0.0670 e. The molecule has 1 heterocycles. The van der Waals surface area contributed by atoms with Gasteiger partial charge in [-0.05, 0) is 43.0 Å². The van der Waals surface area contributed by atoms with Crippen molar-refractivity contribution in [1.29, 1.82) is 0 Å². The van der Waals surface area contributed by atoms with Crippen LogP contribution in [-0.2, 0) is 11.2 Å². The summed E-state index contributed by atoms with van der Waals surface area (Å²) in [5.74, 6) is 0. The summed E-state index contributed by atoms with van der Waals surface area (Å²) in [6.07, 6.45) is 3.04. The van der Waals surface area contributed by atoms with Crippen LogP contribution in [0.25, 0.3) is 0 Å². The number of rotatable bonds is 5. The number of hydrogen-bond acceptors (Lipinski definition) is 3. The number of hydrogen-bond donors (Lipinski definition) is 1. The Morgan fingerprint density at radius 1 is 1.45 bits per heavy atom. The van der Waals surface area contributed by atoms with Crippen molar-refractivity contribution in [2.75, 3.05) is 24.7 Å². The molecule has 0 spiro atoms. The standard InChI is InChI=1S/C16H25BrN2O/c1-3-14(18)10-12-9-13(17)5-6-16(12)19-7-8-20-11-15(19)4-2/h5-6,9,14-15H,3-4,7-8,10-11,18H2,1-2H3. The van der Waals surface area contributed by atoms with Gasteiger partial charge in [-0.15, -0.1) is 0 Å². The van der Waals surface area contributed by atoms with E-state index in [0.717, 1.165) is 43.5 Å². The average molecular weight is 341 g/mol. The normalized spacial score (nSPS) is 21.0. The van der Waals surface area contributed by atoms with Crippen LogP contribution in [0.15, 0.2) is 22.7 Å². The quantitative estimate of drug-likeness (QED) is 0.893. The largest absolute Gasteiger partial charge is 0.377 e. The molecule has 0 saturated carbocycles. The molecule has 2 unspecified atom stereocenters. The van der Waals surface area contributed by atoms with Gasteiger partial charge in [0.25, 0.3) is 0 Å². The molecular weight excluding hydrogens is 316 g/mol. The van der Waals surface area contributed by atoms with Crippen LogP contribution in [-0.4, -0.2) is 31.8 Å². The Morgan fingerprint density at radius 2 is 2.25 bits per heavy atom. The fourth-order valence-electron chi connectivity index (χ4n) is 2.73. The van der Waals surface area contributed by atoms with Crippen LogP contribution in [0.1, 0.15) is 32.3 Å². The Kier molecular flexibility index (Phi) is 5.87. The lowest BCUT2D eigenvalue weighted by Gasteiger charge is -2.38. The zero-order chi connectivity index (χ0) is 14.5. The van der Waals surface area contributed by atoms with Gasteiger partial charge in [-0.25, -0.2) is 0 Å². The van der Waals surface area contributed by atoms with Crippen molar-refractivity contribution in [2.24, 2.45) is 5.73 Å². The van der Waals surface area contributed by atoms with E-state index in [9.17, 15) is 0 Å². The van der Waals surface area contributed by atoms with Gasteiger partial charge in [0.05, 0.1) is 19.3 Å². The Morgan fingerprint density at radius 3 is 2.95 bits per heavy atom. The number of morpholine rings is 1. The molecule has 4 heteroatoms. The summed E-state index contributed by atoms with van der Waals surface area (Å²) in [4.78, 5) is 2.49. The van der Waals surface area contributed by atoms with Gasteiger partial charge in [-0.1, -0.05) is 29.8 Å². The van der Waals surface area contributed by atoms with Crippen LogP contribution in [0.3, 0.4) is 0 Å². The molecule has 20 heavy (non-hydrogen) atoms. The molecule has 1 aliphatic rings. The van der Waals surface area contributed by atoms with Gasteiger partial charge in [0.15, 0.2) is 0 Å². The first-order valence-electron chi connectivity index (χ1n) is 7.54. The zero-order valence-electron chi connectivity index (χ0n) is 12.4. The van der Waals surface area contributed by atoms with Crippen molar-refractivity contribution in [3.8, 4) is 0 Å². The van der Waals surface area contributed by atoms with E-state index in [1.54, 1.807) is 0 Å². The molecule has 3 nitrogen and oxygen atoms in total. The maximum atomic E-state index is 6.16. The number of ether oxygens (including phenoxy) is 1. The molecule has 0 aliphatic carbocycles. The molecule has 2 N–H and O–H groups in total. The second-order valence-electron chi connectivity index (χ2n) is 5.48. The van der Waals surface area contributed by atoms with Crippen molar-refractivity contribution in [3.05, 3.63) is 28.2 Å². The highest BCUT2D eigenvalue weighted by molar-refractivity contribution is 9.10. The predicted octanol–water partition coefficient (Wildman–Crippen LogP) is 3.34. The molecule has 0 bridgehead atoms. The van der Waals surface area contributed by atoms with E-state index in [1.165, 1.54) is 11.3 Å². The molecular formula is C16H25BrN2O. The Bertz CT molecular complexity index is 438. The predicted molar refractivity (Wildman–Crippen MR) is 88.4 cm³/mol. The van der Waals surface area contributed by atoms with Crippen molar-refractivity contribution < 1.29 is 4.74 Å². The van der Waals surface area contributed by atoms with Crippen LogP contribution >= 0.6 is 15.9 Å². The SMILES string of the molecule is CCC(N)Cc1cc(Br)ccc1N1CCOCC1CC. The van der Waals surface area contributed by atoms with Crippen LogP contribution in [0.4, 0.5) is 5.69 Å². The van der Waals surface area contributed by atoms with Crippen molar-refractivity contribution >= 4 is 21.6 Å². The highest BCUT2D eigenvalue weighted by Crippen LogP contribution is 2.29. The summed E-state index contributed by atoms with van der Waals surface area (Å²) >= 11 is 3.58. The average Bonchev–Trinajstić information content (AvgIpc) is 2.47. The first-order valence-corrected chi connectivity index (χ1v) is 8.33. The third-order valence-corrected chi connectivity index (χ3v) is 4.55. The maximum Gasteiger partial charge on any atom is 0.0670 e. The number of benzene rings is 1. The number of anilines is 1. The van der Waals surface area contributed by atoms with E-state index in [4.69, 9.17) is 10.5 Å². The summed E-state index contributed by atoms with van der Waals surface area (Å²) in [5.41, 5.74) is 8.83. The van der Waals surface area contributed by atoms with Crippen LogP contribution in [0.2, 0.25) is 0 Å². The fraction of sp³-hybridized carbons (Fsp3) is 0.625. The van der Waals surface area contributed by atoms with Crippen molar-refractivity contribution in [2.45, 2.75) is 45.2 Å². The van der Waals surface area contributed by atoms with E-state index in [1.807, 2.05) is 0 Å². The lowest BCUT2D eigenvalue weighted by atomic mass is 10.0. The van der Waals surface area contributed by atoms with E-state index >= 15 is 0 Å². The van der Waals surface area contributed by atoms with E-state index < -0.39 is 0 Å². The molecule has 1 saturated heterocycles. The molecule has 0 amide bonds. The minimum atomic E-state index is 0.226. The molecule has 1 aromatic rings. The van der Waals surface area contributed by atoms with Crippen LogP contribution < -0.4 is 10.6 Å². The third-order valence-electron chi connectivity index (χ3n) is 4.06. The minimum Gasteiger partial charge on any atom is -0.377 e. The van der Waals surface area contributed by atoms with Crippen LogP contribution in [0, 0.1) is 0 Å². The summed E-state index contributed by atoms with van der Waals surface area (Å²) in [5, 5.41) is 0. The molecule has 2 rings (SSSR count). The van der Waals surface area contributed by atoms with Gasteiger partial charge in [-0.3, -0.25) is 0 Å². The first-order chi connectivity index (χ1) is 9.65. The molecule has 112 valence electrons. The Labute approximate surface area is 130 Å². The monoisotopic (exact) mass is 340 g/mol. The molecule has 0 aromatic heterocycles. The number of nitrogens with two attached hydrogens (primary N) is 1. The summed E-state index contributed by atoms with van der Waals surface area (Å²) in [6.45, 7) is 6.97. The van der Waals surface area contributed by atoms with E-state index in [0.29, 0.717) is 6.04 Å². The lowest BCUT2D eigenvalue weighted by Crippen LogP contribution is -2.45. The summed E-state index contributed by atoms with van der Waals surface area (Å²) < 4.78 is 6.74. The lowest BCUT2D eigenvalue weighted by molar-refractivity contribution is 0.0929. The van der Waals surface area contributed by atoms with Crippen LogP contribution in [0.5, 0.6) is 0 Å². The van der Waals surface area contributed by atoms with Gasteiger partial charge >= 0.3 is 0 Å². The van der Waals surface area contributed by atoms with Gasteiger partial charge in [0, 0.05) is 22.7 Å². The van der Waals surface area contributed by atoms with Gasteiger partial charge < -0.3 is 15.4 Å². The van der Waals surface area contributed by atoms with Crippen molar-refractivity contribution in [1.82, 2.24) is 0 Å². The summed E-state index contributed by atoms with van der Waals surface area (Å²) in [7, 11) is 0. The molecule has 1 aromatic carbocycles. The van der Waals surface area contributed by atoms with E-state index in [2.05, 4.69) is 52.9 Å². The molecule has 1 fully saturated rings. The van der Waals surface area contributed by atoms with Crippen molar-refractivity contribution in [3.63, 3.8) is 0 Å². The second-order valence-corrected chi connectivity index (χ2v) is 6.39. The number of nitrogens with zero attached hydrogens (tertiary/aromatic N) is 1. The molecule has 1 aliphatic heterocycles. The summed E-state index contributed by atoms with van der Waals surface area (Å²) in [6, 6.07) is 7.26.